The summed E-state index contributed by atoms with van der Waals surface area (Å²) in [6.07, 6.45) is 4.78. The van der Waals surface area contributed by atoms with E-state index in [1.54, 1.807) is 24.3 Å². The molecule has 0 saturated carbocycles. The maximum Gasteiger partial charge on any atom is 0.248 e. The molecule has 0 radical (unpaired) electrons. The van der Waals surface area contributed by atoms with E-state index < -0.39 is 10.0 Å². The molecule has 28 heavy (non-hydrogen) atoms. The Bertz CT molecular complexity index is 963. The lowest BCUT2D eigenvalue weighted by Crippen LogP contribution is -2.37. The fourth-order valence-corrected chi connectivity index (χ4v) is 4.71. The maximum atomic E-state index is 12.7. The van der Waals surface area contributed by atoms with Gasteiger partial charge in [0, 0.05) is 29.9 Å². The lowest BCUT2D eigenvalue weighted by Gasteiger charge is -2.29. The molecule has 1 amide bonds. The largest absolute Gasteiger partial charge is 0.323 e. The Labute approximate surface area is 171 Å². The van der Waals surface area contributed by atoms with Crippen molar-refractivity contribution in [3.8, 4) is 0 Å². The first-order valence-corrected chi connectivity index (χ1v) is 11.0. The van der Waals surface area contributed by atoms with Crippen molar-refractivity contribution < 1.29 is 13.2 Å². The van der Waals surface area contributed by atoms with Gasteiger partial charge in [0.05, 0.1) is 4.90 Å². The van der Waals surface area contributed by atoms with Gasteiger partial charge in [0.25, 0.3) is 0 Å². The first-order valence-electron chi connectivity index (χ1n) is 9.20. The average Bonchev–Trinajstić information content (AvgIpc) is 2.68. The minimum atomic E-state index is -3.49. The summed E-state index contributed by atoms with van der Waals surface area (Å²) in [6.45, 7) is 3.24. The zero-order valence-corrected chi connectivity index (χ0v) is 17.2. The third-order valence-corrected chi connectivity index (χ3v) is 7.08. The molecule has 148 valence electrons. The first kappa shape index (κ1) is 20.6. The van der Waals surface area contributed by atoms with Crippen molar-refractivity contribution in [2.75, 3.05) is 18.4 Å². The third kappa shape index (κ3) is 5.01. The van der Waals surface area contributed by atoms with E-state index in [2.05, 4.69) is 12.2 Å². The van der Waals surface area contributed by atoms with Gasteiger partial charge >= 0.3 is 0 Å². The lowest BCUT2D eigenvalue weighted by molar-refractivity contribution is -0.111. The monoisotopic (exact) mass is 418 g/mol. The fraction of sp³-hybridized carbons (Fsp3) is 0.286. The van der Waals surface area contributed by atoms with Gasteiger partial charge in [-0.25, -0.2) is 8.42 Å². The van der Waals surface area contributed by atoms with Gasteiger partial charge in [-0.05, 0) is 60.7 Å². The Hall–Kier alpha value is -2.15. The van der Waals surface area contributed by atoms with E-state index in [-0.39, 0.29) is 10.8 Å². The molecular weight excluding hydrogens is 396 g/mol. The fourth-order valence-electron chi connectivity index (χ4n) is 3.04. The van der Waals surface area contributed by atoms with E-state index >= 15 is 0 Å². The topological polar surface area (TPSA) is 66.5 Å². The molecule has 3 rings (SSSR count). The molecule has 2 aromatic rings. The highest BCUT2D eigenvalue weighted by atomic mass is 35.5. The van der Waals surface area contributed by atoms with Gasteiger partial charge < -0.3 is 5.32 Å². The summed E-state index contributed by atoms with van der Waals surface area (Å²) >= 11 is 6.06. The van der Waals surface area contributed by atoms with Crippen LogP contribution in [0.2, 0.25) is 5.02 Å². The zero-order chi connectivity index (χ0) is 20.1. The van der Waals surface area contributed by atoms with Crippen LogP contribution in [0, 0.1) is 5.92 Å². The van der Waals surface area contributed by atoms with Gasteiger partial charge in [-0.3, -0.25) is 4.79 Å². The second kappa shape index (κ2) is 8.90. The number of nitrogens with one attached hydrogen (secondary N) is 1. The molecule has 5 nitrogen and oxygen atoms in total. The van der Waals surface area contributed by atoms with Crippen LogP contribution in [0.4, 0.5) is 5.69 Å². The van der Waals surface area contributed by atoms with E-state index in [4.69, 9.17) is 11.6 Å². The maximum absolute atomic E-state index is 12.7. The van der Waals surface area contributed by atoms with Crippen molar-refractivity contribution >= 4 is 39.3 Å². The quantitative estimate of drug-likeness (QED) is 0.731. The van der Waals surface area contributed by atoms with Crippen LogP contribution in [0.3, 0.4) is 0 Å². The molecule has 0 bridgehead atoms. The molecule has 7 heteroatoms. The normalized spacial score (nSPS) is 16.4. The minimum Gasteiger partial charge on any atom is -0.323 e. The number of sulfonamides is 1. The molecule has 0 aromatic heterocycles. The smallest absolute Gasteiger partial charge is 0.248 e. The Morgan fingerprint density at radius 3 is 2.39 bits per heavy atom. The number of nitrogens with zero attached hydrogens (tertiary/aromatic N) is 1. The molecular formula is C21H23ClN2O3S. The summed E-state index contributed by atoms with van der Waals surface area (Å²) < 4.78 is 27.0. The Balaban J connectivity index is 1.64. The number of hydrogen-bond donors (Lipinski definition) is 1. The molecule has 0 spiro atoms. The highest BCUT2D eigenvalue weighted by Gasteiger charge is 2.27. The predicted octanol–water partition coefficient (Wildman–Crippen LogP) is 4.41. The predicted molar refractivity (Wildman–Crippen MR) is 113 cm³/mol. The molecule has 1 heterocycles. The van der Waals surface area contributed by atoms with Gasteiger partial charge in [-0.1, -0.05) is 36.7 Å². The van der Waals surface area contributed by atoms with Gasteiger partial charge in [0.1, 0.15) is 0 Å². The summed E-state index contributed by atoms with van der Waals surface area (Å²) in [4.78, 5) is 12.3. The molecule has 1 N–H and O–H groups in total. The molecule has 1 saturated heterocycles. The van der Waals surface area contributed by atoms with Crippen LogP contribution in [-0.2, 0) is 14.8 Å². The van der Waals surface area contributed by atoms with Crippen molar-refractivity contribution in [3.05, 3.63) is 65.2 Å². The Morgan fingerprint density at radius 1 is 1.11 bits per heavy atom. The van der Waals surface area contributed by atoms with E-state index in [1.165, 1.54) is 22.5 Å². The summed E-state index contributed by atoms with van der Waals surface area (Å²) in [6, 6.07) is 13.5. The van der Waals surface area contributed by atoms with Crippen molar-refractivity contribution in [2.45, 2.75) is 24.7 Å². The highest BCUT2D eigenvalue weighted by molar-refractivity contribution is 7.89. The van der Waals surface area contributed by atoms with Crippen LogP contribution in [0.25, 0.3) is 6.08 Å². The van der Waals surface area contributed by atoms with Crippen molar-refractivity contribution in [1.82, 2.24) is 4.31 Å². The van der Waals surface area contributed by atoms with Gasteiger partial charge in [-0.2, -0.15) is 4.31 Å². The molecule has 1 aliphatic heterocycles. The van der Waals surface area contributed by atoms with E-state index in [0.29, 0.717) is 29.7 Å². The lowest BCUT2D eigenvalue weighted by atomic mass is 10.0. The van der Waals surface area contributed by atoms with Crippen LogP contribution >= 0.6 is 11.6 Å². The Morgan fingerprint density at radius 2 is 1.75 bits per heavy atom. The van der Waals surface area contributed by atoms with E-state index in [0.717, 1.165) is 18.4 Å². The molecule has 1 aliphatic rings. The summed E-state index contributed by atoms with van der Waals surface area (Å²) in [7, 11) is -3.49. The third-order valence-electron chi connectivity index (χ3n) is 4.82. The number of halogens is 1. The van der Waals surface area contributed by atoms with Gasteiger partial charge in [0.2, 0.25) is 15.9 Å². The number of rotatable bonds is 5. The molecule has 2 aromatic carbocycles. The van der Waals surface area contributed by atoms with Crippen LogP contribution < -0.4 is 5.32 Å². The summed E-state index contributed by atoms with van der Waals surface area (Å²) in [5, 5.41) is 3.28. The number of amides is 1. The number of benzene rings is 2. The Kier molecular flexibility index (Phi) is 6.54. The summed E-state index contributed by atoms with van der Waals surface area (Å²) in [5.41, 5.74) is 1.27. The second-order valence-corrected chi connectivity index (χ2v) is 9.30. The van der Waals surface area contributed by atoms with Crippen LogP contribution in [0.5, 0.6) is 0 Å². The first-order chi connectivity index (χ1) is 13.4. The van der Waals surface area contributed by atoms with E-state index in [9.17, 15) is 13.2 Å². The number of hydrogen-bond acceptors (Lipinski definition) is 3. The zero-order valence-electron chi connectivity index (χ0n) is 15.6. The van der Waals surface area contributed by atoms with E-state index in [1.807, 2.05) is 18.2 Å². The minimum absolute atomic E-state index is 0.242. The number of carbonyl (C=O) groups excluding carboxylic acids is 1. The number of piperidine rings is 1. The van der Waals surface area contributed by atoms with Crippen molar-refractivity contribution in [3.63, 3.8) is 0 Å². The van der Waals surface area contributed by atoms with Crippen LogP contribution in [0.15, 0.2) is 59.5 Å². The molecule has 0 aliphatic carbocycles. The second-order valence-electron chi connectivity index (χ2n) is 6.96. The van der Waals surface area contributed by atoms with Crippen LogP contribution in [0.1, 0.15) is 25.3 Å². The molecule has 0 atom stereocenters. The average molecular weight is 419 g/mol. The van der Waals surface area contributed by atoms with Crippen LogP contribution in [-0.4, -0.2) is 31.7 Å². The van der Waals surface area contributed by atoms with Crippen molar-refractivity contribution in [2.24, 2.45) is 5.92 Å². The molecule has 1 fully saturated rings. The van der Waals surface area contributed by atoms with Gasteiger partial charge in [0.15, 0.2) is 0 Å². The number of anilines is 1. The summed E-state index contributed by atoms with van der Waals surface area (Å²) in [5.74, 6) is 0.239. The van der Waals surface area contributed by atoms with Crippen molar-refractivity contribution in [1.29, 1.82) is 0 Å². The molecule has 0 unspecified atom stereocenters. The standard InChI is InChI=1S/C21H23ClN2O3S/c1-16-12-14-24(15-13-16)28(26,27)19-9-7-18(8-10-19)23-21(25)11-6-17-4-2-3-5-20(17)22/h2-11,16H,12-15H2,1H3,(H,23,25). The number of carbonyl (C=O) groups is 1. The SMILES string of the molecule is CC1CCN(S(=O)(=O)c2ccc(NC(=O)C=Cc3ccccc3Cl)cc2)CC1. The highest BCUT2D eigenvalue weighted by Crippen LogP contribution is 2.24. The van der Waals surface area contributed by atoms with Gasteiger partial charge in [-0.15, -0.1) is 0 Å².